The van der Waals surface area contributed by atoms with Crippen LogP contribution in [0, 0.1) is 17.6 Å². The van der Waals surface area contributed by atoms with Gasteiger partial charge in [-0.15, -0.1) is 0 Å². The number of amides is 1. The molecule has 2 atom stereocenters. The third kappa shape index (κ3) is 3.69. The van der Waals surface area contributed by atoms with Gasteiger partial charge in [0.05, 0.1) is 0 Å². The Morgan fingerprint density at radius 1 is 1.43 bits per heavy atom. The minimum Gasteiger partial charge on any atom is -0.365 e. The molecule has 0 bridgehead atoms. The van der Waals surface area contributed by atoms with Gasteiger partial charge >= 0.3 is 0 Å². The van der Waals surface area contributed by atoms with Crippen LogP contribution in [0.25, 0.3) is 0 Å². The molecule has 0 aliphatic carbocycles. The van der Waals surface area contributed by atoms with Crippen molar-refractivity contribution >= 4 is 11.6 Å². The molecule has 1 amide bonds. The summed E-state index contributed by atoms with van der Waals surface area (Å²) in [5.41, 5.74) is -0.00229. The van der Waals surface area contributed by atoms with E-state index < -0.39 is 11.6 Å². The number of hydrogen-bond donors (Lipinski definition) is 2. The summed E-state index contributed by atoms with van der Waals surface area (Å²) in [5, 5.41) is 5.89. The van der Waals surface area contributed by atoms with E-state index in [0.717, 1.165) is 0 Å². The fourth-order valence-electron chi connectivity index (χ4n) is 2.61. The van der Waals surface area contributed by atoms with Crippen LogP contribution in [0.15, 0.2) is 18.2 Å². The molecule has 21 heavy (non-hydrogen) atoms. The summed E-state index contributed by atoms with van der Waals surface area (Å²) in [4.78, 5) is 13.6. The van der Waals surface area contributed by atoms with Gasteiger partial charge in [-0.05, 0) is 25.6 Å². The number of para-hydroxylation sites is 1. The summed E-state index contributed by atoms with van der Waals surface area (Å²) in [6.45, 7) is 3.40. The van der Waals surface area contributed by atoms with E-state index in [9.17, 15) is 13.6 Å². The van der Waals surface area contributed by atoms with Crippen molar-refractivity contribution in [1.29, 1.82) is 0 Å². The number of rotatable bonds is 5. The van der Waals surface area contributed by atoms with Crippen LogP contribution < -0.4 is 15.5 Å². The van der Waals surface area contributed by atoms with Gasteiger partial charge in [0.15, 0.2) is 0 Å². The van der Waals surface area contributed by atoms with E-state index in [4.69, 9.17) is 0 Å². The number of anilines is 1. The first-order valence-corrected chi connectivity index (χ1v) is 7.17. The molecule has 6 heteroatoms. The maximum atomic E-state index is 13.7. The van der Waals surface area contributed by atoms with Crippen LogP contribution in [0.1, 0.15) is 13.3 Å². The molecule has 1 aliphatic heterocycles. The van der Waals surface area contributed by atoms with Crippen molar-refractivity contribution in [2.24, 2.45) is 5.92 Å². The minimum absolute atomic E-state index is 0.00229. The van der Waals surface area contributed by atoms with Gasteiger partial charge in [-0.3, -0.25) is 4.79 Å². The van der Waals surface area contributed by atoms with Crippen LogP contribution in [-0.2, 0) is 4.79 Å². The number of nitrogens with one attached hydrogen (secondary N) is 2. The lowest BCUT2D eigenvalue weighted by molar-refractivity contribution is -0.124. The number of benzene rings is 1. The quantitative estimate of drug-likeness (QED) is 0.866. The van der Waals surface area contributed by atoms with E-state index in [1.54, 1.807) is 11.9 Å². The third-order valence-electron chi connectivity index (χ3n) is 3.75. The van der Waals surface area contributed by atoms with Gasteiger partial charge in [-0.2, -0.15) is 0 Å². The topological polar surface area (TPSA) is 44.4 Å². The molecule has 2 N–H and O–H groups in total. The Labute approximate surface area is 123 Å². The number of nitrogens with zero attached hydrogens (tertiary/aromatic N) is 1. The van der Waals surface area contributed by atoms with Crippen molar-refractivity contribution in [3.8, 4) is 0 Å². The SMILES string of the molecule is CNCC(C)C(=O)NC1CCN(c2c(F)cccc2F)C1. The molecule has 116 valence electrons. The lowest BCUT2D eigenvalue weighted by Gasteiger charge is -2.21. The van der Waals surface area contributed by atoms with Crippen LogP contribution >= 0.6 is 0 Å². The van der Waals surface area contributed by atoms with Crippen molar-refractivity contribution in [1.82, 2.24) is 10.6 Å². The zero-order valence-electron chi connectivity index (χ0n) is 12.3. The van der Waals surface area contributed by atoms with Gasteiger partial charge in [-0.25, -0.2) is 8.78 Å². The van der Waals surface area contributed by atoms with Crippen LogP contribution in [-0.4, -0.2) is 38.6 Å². The normalized spacial score (nSPS) is 19.6. The van der Waals surface area contributed by atoms with Crippen molar-refractivity contribution in [3.05, 3.63) is 29.8 Å². The molecule has 1 fully saturated rings. The molecule has 0 aromatic heterocycles. The summed E-state index contributed by atoms with van der Waals surface area (Å²) in [7, 11) is 1.79. The molecule has 2 rings (SSSR count). The van der Waals surface area contributed by atoms with Crippen LogP contribution in [0.2, 0.25) is 0 Å². The average molecular weight is 297 g/mol. The number of hydrogen-bond acceptors (Lipinski definition) is 3. The van der Waals surface area contributed by atoms with Crippen LogP contribution in [0.4, 0.5) is 14.5 Å². The van der Waals surface area contributed by atoms with E-state index in [-0.39, 0.29) is 23.6 Å². The fourth-order valence-corrected chi connectivity index (χ4v) is 2.61. The van der Waals surface area contributed by atoms with Crippen molar-refractivity contribution in [3.63, 3.8) is 0 Å². The maximum absolute atomic E-state index is 13.7. The van der Waals surface area contributed by atoms with E-state index in [2.05, 4.69) is 10.6 Å². The fraction of sp³-hybridized carbons (Fsp3) is 0.533. The van der Waals surface area contributed by atoms with Gasteiger partial charge in [0.1, 0.15) is 17.3 Å². The van der Waals surface area contributed by atoms with E-state index in [1.807, 2.05) is 6.92 Å². The Kier molecular flexibility index (Phi) is 5.12. The largest absolute Gasteiger partial charge is 0.365 e. The lowest BCUT2D eigenvalue weighted by atomic mass is 10.1. The zero-order valence-corrected chi connectivity index (χ0v) is 12.3. The van der Waals surface area contributed by atoms with Gasteiger partial charge < -0.3 is 15.5 Å². The average Bonchev–Trinajstić information content (AvgIpc) is 2.87. The first-order chi connectivity index (χ1) is 10.0. The highest BCUT2D eigenvalue weighted by atomic mass is 19.1. The highest BCUT2D eigenvalue weighted by Gasteiger charge is 2.28. The number of carbonyl (C=O) groups is 1. The smallest absolute Gasteiger partial charge is 0.224 e. The number of halogens is 2. The summed E-state index contributed by atoms with van der Waals surface area (Å²) >= 11 is 0. The monoisotopic (exact) mass is 297 g/mol. The molecule has 0 saturated carbocycles. The Morgan fingerprint density at radius 3 is 2.71 bits per heavy atom. The Hall–Kier alpha value is -1.69. The first kappa shape index (κ1) is 15.7. The van der Waals surface area contributed by atoms with E-state index >= 15 is 0 Å². The number of carbonyl (C=O) groups excluding carboxylic acids is 1. The summed E-state index contributed by atoms with van der Waals surface area (Å²) in [5.74, 6) is -1.30. The summed E-state index contributed by atoms with van der Waals surface area (Å²) < 4.78 is 27.5. The predicted molar refractivity (Wildman–Crippen MR) is 78.2 cm³/mol. The van der Waals surface area contributed by atoms with Crippen molar-refractivity contribution in [2.45, 2.75) is 19.4 Å². The molecule has 0 radical (unpaired) electrons. The first-order valence-electron chi connectivity index (χ1n) is 7.17. The molecule has 0 spiro atoms. The van der Waals surface area contributed by atoms with E-state index in [0.29, 0.717) is 26.1 Å². The molecule has 1 saturated heterocycles. The zero-order chi connectivity index (χ0) is 15.4. The second-order valence-electron chi connectivity index (χ2n) is 5.47. The summed E-state index contributed by atoms with van der Waals surface area (Å²) in [6, 6.07) is 3.78. The molecule has 2 unspecified atom stereocenters. The van der Waals surface area contributed by atoms with Gasteiger partial charge in [0.25, 0.3) is 0 Å². The standard InChI is InChI=1S/C15H21F2N3O/c1-10(8-18-2)15(21)19-11-6-7-20(9-11)14-12(16)4-3-5-13(14)17/h3-5,10-11,18H,6-9H2,1-2H3,(H,19,21). The third-order valence-corrected chi connectivity index (χ3v) is 3.75. The molecular weight excluding hydrogens is 276 g/mol. The lowest BCUT2D eigenvalue weighted by Crippen LogP contribution is -2.42. The Morgan fingerprint density at radius 2 is 2.10 bits per heavy atom. The second kappa shape index (κ2) is 6.85. The predicted octanol–water partition coefficient (Wildman–Crippen LogP) is 1.52. The molecule has 1 aromatic rings. The van der Waals surface area contributed by atoms with Gasteiger partial charge in [0, 0.05) is 31.6 Å². The maximum Gasteiger partial charge on any atom is 0.224 e. The molecule has 1 aliphatic rings. The Balaban J connectivity index is 1.96. The molecule has 1 heterocycles. The molecule has 1 aromatic carbocycles. The van der Waals surface area contributed by atoms with Crippen molar-refractivity contribution in [2.75, 3.05) is 31.6 Å². The Bertz CT molecular complexity index is 489. The highest BCUT2D eigenvalue weighted by Crippen LogP contribution is 2.26. The van der Waals surface area contributed by atoms with Crippen LogP contribution in [0.5, 0.6) is 0 Å². The second-order valence-corrected chi connectivity index (χ2v) is 5.47. The van der Waals surface area contributed by atoms with E-state index in [1.165, 1.54) is 18.2 Å². The van der Waals surface area contributed by atoms with Crippen LogP contribution in [0.3, 0.4) is 0 Å². The molecular formula is C15H21F2N3O. The highest BCUT2D eigenvalue weighted by molar-refractivity contribution is 5.79. The minimum atomic E-state index is -0.564. The van der Waals surface area contributed by atoms with Crippen molar-refractivity contribution < 1.29 is 13.6 Å². The summed E-state index contributed by atoms with van der Waals surface area (Å²) in [6.07, 6.45) is 0.686. The molecule has 4 nitrogen and oxygen atoms in total. The van der Waals surface area contributed by atoms with Gasteiger partial charge in [0.2, 0.25) is 5.91 Å². The van der Waals surface area contributed by atoms with Gasteiger partial charge in [-0.1, -0.05) is 13.0 Å².